The molecule has 0 aromatic carbocycles. The van der Waals surface area contributed by atoms with E-state index in [0.29, 0.717) is 0 Å². The molecule has 0 saturated heterocycles. The van der Waals surface area contributed by atoms with Gasteiger partial charge in [-0.15, -0.1) is 18.5 Å². The third kappa shape index (κ3) is 2.05. The lowest BCUT2D eigenvalue weighted by Gasteiger charge is -1.95. The van der Waals surface area contributed by atoms with Gasteiger partial charge in [0.15, 0.2) is 0 Å². The summed E-state index contributed by atoms with van der Waals surface area (Å²) in [5.74, 6) is 0. The second kappa shape index (κ2) is 3.30. The normalized spacial score (nSPS) is 18.4. The van der Waals surface area contributed by atoms with Gasteiger partial charge in [-0.3, -0.25) is 0 Å². The molecule has 0 aromatic heterocycles. The first-order chi connectivity index (χ1) is 4.30. The molecule has 0 bridgehead atoms. The predicted molar refractivity (Wildman–Crippen MR) is 49.3 cm³/mol. The van der Waals surface area contributed by atoms with Crippen molar-refractivity contribution in [2.24, 2.45) is 0 Å². The Labute approximate surface area is 60.5 Å². The Morgan fingerprint density at radius 2 is 2.00 bits per heavy atom. The highest BCUT2D eigenvalue weighted by Gasteiger charge is 1.92. The molecule has 0 saturated carbocycles. The lowest BCUT2D eigenvalue weighted by Crippen LogP contribution is -1.67. The fourth-order valence-electron chi connectivity index (χ4n) is 0.658. The first-order valence-corrected chi connectivity index (χ1v) is 4.03. The van der Waals surface area contributed by atoms with Crippen LogP contribution in [0.1, 0.15) is 6.42 Å². The maximum Gasteiger partial charge on any atom is -0.00890 e. The minimum absolute atomic E-state index is 1.05. The van der Waals surface area contributed by atoms with E-state index in [4.69, 9.17) is 0 Å². The summed E-state index contributed by atoms with van der Waals surface area (Å²) in [6.07, 6.45) is 9.42. The zero-order valence-electron chi connectivity index (χ0n) is 5.17. The van der Waals surface area contributed by atoms with Crippen LogP contribution in [-0.4, -0.2) is 0 Å². The van der Waals surface area contributed by atoms with E-state index >= 15 is 0 Å². The van der Waals surface area contributed by atoms with E-state index in [-0.39, 0.29) is 0 Å². The Morgan fingerprint density at radius 1 is 1.22 bits per heavy atom. The standard InChI is InChI=1S/C7H10P2/c8-6-4-2-1-3-5-7(6)9/h1-4H,5,8-9H2. The van der Waals surface area contributed by atoms with Crippen molar-refractivity contribution >= 4 is 18.5 Å². The van der Waals surface area contributed by atoms with Crippen LogP contribution < -0.4 is 0 Å². The molecule has 0 fully saturated rings. The van der Waals surface area contributed by atoms with Crippen molar-refractivity contribution in [3.8, 4) is 0 Å². The molecular weight excluding hydrogens is 146 g/mol. The minimum atomic E-state index is 1.05. The molecule has 2 heteroatoms. The van der Waals surface area contributed by atoms with Crippen LogP contribution >= 0.6 is 18.5 Å². The van der Waals surface area contributed by atoms with E-state index in [0.717, 1.165) is 6.42 Å². The Hall–Kier alpha value is 0.0800. The van der Waals surface area contributed by atoms with Gasteiger partial charge >= 0.3 is 0 Å². The summed E-state index contributed by atoms with van der Waals surface area (Å²) in [6, 6.07) is 0. The van der Waals surface area contributed by atoms with Crippen molar-refractivity contribution in [3.05, 3.63) is 34.9 Å². The molecular formula is C7H10P2. The summed E-state index contributed by atoms with van der Waals surface area (Å²) < 4.78 is 0. The van der Waals surface area contributed by atoms with Crippen LogP contribution in [0.4, 0.5) is 0 Å². The van der Waals surface area contributed by atoms with Gasteiger partial charge in [0, 0.05) is 0 Å². The van der Waals surface area contributed by atoms with Crippen LogP contribution in [0.25, 0.3) is 0 Å². The molecule has 0 spiro atoms. The van der Waals surface area contributed by atoms with E-state index in [1.807, 2.05) is 0 Å². The van der Waals surface area contributed by atoms with Gasteiger partial charge in [0.05, 0.1) is 0 Å². The Morgan fingerprint density at radius 3 is 2.78 bits per heavy atom. The largest absolute Gasteiger partial charge is 0.109 e. The van der Waals surface area contributed by atoms with Crippen LogP contribution in [0.3, 0.4) is 0 Å². The average Bonchev–Trinajstić information content (AvgIpc) is 1.99. The van der Waals surface area contributed by atoms with Crippen LogP contribution in [0.15, 0.2) is 34.9 Å². The van der Waals surface area contributed by atoms with Crippen LogP contribution in [-0.2, 0) is 0 Å². The topological polar surface area (TPSA) is 0 Å². The zero-order valence-corrected chi connectivity index (χ0v) is 7.48. The van der Waals surface area contributed by atoms with Crippen molar-refractivity contribution in [1.29, 1.82) is 0 Å². The summed E-state index contributed by atoms with van der Waals surface area (Å²) in [7, 11) is 5.45. The molecule has 9 heavy (non-hydrogen) atoms. The van der Waals surface area contributed by atoms with Gasteiger partial charge in [0.2, 0.25) is 0 Å². The van der Waals surface area contributed by atoms with Crippen molar-refractivity contribution < 1.29 is 0 Å². The number of hydrogen-bond acceptors (Lipinski definition) is 0. The van der Waals surface area contributed by atoms with Gasteiger partial charge in [0.1, 0.15) is 0 Å². The first kappa shape index (κ1) is 7.19. The molecule has 1 aliphatic rings. The SMILES string of the molecule is PC1=C(P)CC=CC=C1. The van der Waals surface area contributed by atoms with Crippen LogP contribution in [0, 0.1) is 0 Å². The average molecular weight is 156 g/mol. The van der Waals surface area contributed by atoms with Crippen molar-refractivity contribution in [3.63, 3.8) is 0 Å². The predicted octanol–water partition coefficient (Wildman–Crippen LogP) is 2.46. The molecule has 48 valence electrons. The van der Waals surface area contributed by atoms with E-state index < -0.39 is 0 Å². The van der Waals surface area contributed by atoms with Gasteiger partial charge in [-0.05, 0) is 17.0 Å². The third-order valence-corrected chi connectivity index (χ3v) is 2.70. The van der Waals surface area contributed by atoms with Crippen LogP contribution in [0.2, 0.25) is 0 Å². The lowest BCUT2D eigenvalue weighted by atomic mass is 10.4. The smallest absolute Gasteiger partial charge is 0.00890 e. The van der Waals surface area contributed by atoms with E-state index in [1.54, 1.807) is 0 Å². The van der Waals surface area contributed by atoms with Gasteiger partial charge in [-0.2, -0.15) is 0 Å². The molecule has 1 aliphatic carbocycles. The monoisotopic (exact) mass is 156 g/mol. The van der Waals surface area contributed by atoms with Crippen molar-refractivity contribution in [2.75, 3.05) is 0 Å². The summed E-state index contributed by atoms with van der Waals surface area (Å²) in [5.41, 5.74) is 0. The molecule has 0 radical (unpaired) electrons. The van der Waals surface area contributed by atoms with E-state index in [9.17, 15) is 0 Å². The first-order valence-electron chi connectivity index (χ1n) is 2.88. The van der Waals surface area contributed by atoms with E-state index in [1.165, 1.54) is 10.6 Å². The Kier molecular flexibility index (Phi) is 2.64. The van der Waals surface area contributed by atoms with Gasteiger partial charge < -0.3 is 0 Å². The lowest BCUT2D eigenvalue weighted by molar-refractivity contribution is 1.37. The molecule has 2 unspecified atom stereocenters. The van der Waals surface area contributed by atoms with Crippen molar-refractivity contribution in [1.82, 2.24) is 0 Å². The molecule has 0 amide bonds. The van der Waals surface area contributed by atoms with Gasteiger partial charge in [0.25, 0.3) is 0 Å². The fraction of sp³-hybridized carbons (Fsp3) is 0.143. The Bertz CT molecular complexity index is 187. The maximum absolute atomic E-state index is 2.73. The molecule has 0 aliphatic heterocycles. The number of hydrogen-bond donors (Lipinski definition) is 0. The van der Waals surface area contributed by atoms with Crippen LogP contribution in [0.5, 0.6) is 0 Å². The molecule has 0 heterocycles. The summed E-state index contributed by atoms with van der Waals surface area (Å²) in [5, 5.41) is 2.63. The highest BCUT2D eigenvalue weighted by Crippen LogP contribution is 2.24. The number of rotatable bonds is 0. The van der Waals surface area contributed by atoms with Gasteiger partial charge in [-0.1, -0.05) is 24.3 Å². The maximum atomic E-state index is 2.73. The highest BCUT2D eigenvalue weighted by molar-refractivity contribution is 7.28. The molecule has 2 atom stereocenters. The molecule has 1 rings (SSSR count). The summed E-state index contributed by atoms with van der Waals surface area (Å²) in [4.78, 5) is 0. The van der Waals surface area contributed by atoms with Gasteiger partial charge in [-0.25, -0.2) is 0 Å². The third-order valence-electron chi connectivity index (χ3n) is 1.23. The summed E-state index contributed by atoms with van der Waals surface area (Å²) in [6.45, 7) is 0. The zero-order chi connectivity index (χ0) is 6.69. The second-order valence-corrected chi connectivity index (χ2v) is 3.29. The summed E-state index contributed by atoms with van der Waals surface area (Å²) >= 11 is 0. The quantitative estimate of drug-likeness (QED) is 0.472. The minimum Gasteiger partial charge on any atom is -0.109 e. The second-order valence-electron chi connectivity index (χ2n) is 1.97. The Balaban J connectivity index is 2.85. The molecule has 0 aromatic rings. The highest BCUT2D eigenvalue weighted by atomic mass is 31.0. The molecule has 0 N–H and O–H groups in total. The van der Waals surface area contributed by atoms with E-state index in [2.05, 4.69) is 42.8 Å². The fourth-order valence-corrected chi connectivity index (χ4v) is 1.12. The number of allylic oxidation sites excluding steroid dienone is 6. The molecule has 0 nitrogen and oxygen atoms in total. The van der Waals surface area contributed by atoms with Crippen molar-refractivity contribution in [2.45, 2.75) is 6.42 Å².